The van der Waals surface area contributed by atoms with Crippen molar-refractivity contribution < 1.29 is 9.50 Å². The topological polar surface area (TPSA) is 65.4 Å². The average molecular weight is 434 g/mol. The Bertz CT molecular complexity index is 1120. The Morgan fingerprint density at radius 3 is 2.31 bits per heavy atom. The van der Waals surface area contributed by atoms with Crippen molar-refractivity contribution >= 4 is 5.95 Å². The molecule has 2 aromatic heterocycles. The second-order valence-corrected chi connectivity index (χ2v) is 9.13. The molecule has 0 aliphatic carbocycles. The number of hydrogen-bond acceptors (Lipinski definition) is 6. The normalized spacial score (nSPS) is 21.7. The van der Waals surface area contributed by atoms with Gasteiger partial charge >= 0.3 is 0 Å². The van der Waals surface area contributed by atoms with Gasteiger partial charge in [-0.2, -0.15) is 0 Å². The number of likely N-dealkylation sites (tertiary alicyclic amines) is 1. The first-order valence-corrected chi connectivity index (χ1v) is 11.1. The van der Waals surface area contributed by atoms with Gasteiger partial charge in [0.05, 0.1) is 5.69 Å². The van der Waals surface area contributed by atoms with E-state index >= 15 is 0 Å². The third kappa shape index (κ3) is 3.87. The van der Waals surface area contributed by atoms with Crippen LogP contribution < -0.4 is 4.90 Å². The second-order valence-electron chi connectivity index (χ2n) is 9.13. The van der Waals surface area contributed by atoms with E-state index in [2.05, 4.69) is 24.8 Å². The first kappa shape index (κ1) is 21.0. The highest BCUT2D eigenvalue weighted by Gasteiger charge is 2.43. The molecule has 4 heterocycles. The van der Waals surface area contributed by atoms with Crippen LogP contribution in [0.4, 0.5) is 10.3 Å². The van der Waals surface area contributed by atoms with E-state index in [4.69, 9.17) is 0 Å². The lowest BCUT2D eigenvalue weighted by Gasteiger charge is -2.27. The molecular formula is C25H28FN5O. The van der Waals surface area contributed by atoms with Gasteiger partial charge in [-0.05, 0) is 62.4 Å². The quantitative estimate of drug-likeness (QED) is 0.677. The zero-order chi connectivity index (χ0) is 22.4. The van der Waals surface area contributed by atoms with Crippen molar-refractivity contribution in [2.24, 2.45) is 11.8 Å². The number of pyridine rings is 1. The predicted molar refractivity (Wildman–Crippen MR) is 122 cm³/mol. The number of nitrogens with zero attached hydrogens (tertiary/aromatic N) is 5. The zero-order valence-electron chi connectivity index (χ0n) is 18.7. The first-order chi connectivity index (χ1) is 15.4. The van der Waals surface area contributed by atoms with Gasteiger partial charge in [-0.3, -0.25) is 9.88 Å². The lowest BCUT2D eigenvalue weighted by atomic mass is 10.0. The third-order valence-electron chi connectivity index (χ3n) is 6.61. The van der Waals surface area contributed by atoms with Crippen molar-refractivity contribution in [3.05, 3.63) is 70.9 Å². The van der Waals surface area contributed by atoms with Crippen molar-refractivity contribution in [1.29, 1.82) is 0 Å². The van der Waals surface area contributed by atoms with E-state index in [1.807, 2.05) is 39.0 Å². The number of aliphatic hydroxyl groups is 1. The third-order valence-corrected chi connectivity index (χ3v) is 6.61. The number of fused-ring (bicyclic) bond motifs is 1. The van der Waals surface area contributed by atoms with E-state index in [1.165, 1.54) is 6.07 Å². The predicted octanol–water partition coefficient (Wildman–Crippen LogP) is 3.66. The summed E-state index contributed by atoms with van der Waals surface area (Å²) in [6, 6.07) is 10.6. The highest BCUT2D eigenvalue weighted by Crippen LogP contribution is 2.38. The number of aryl methyl sites for hydroxylation is 3. The van der Waals surface area contributed by atoms with Crippen LogP contribution in [0, 0.1) is 38.4 Å². The molecule has 32 heavy (non-hydrogen) atoms. The lowest BCUT2D eigenvalue weighted by molar-refractivity contribution is 0.0143. The van der Waals surface area contributed by atoms with Crippen molar-refractivity contribution in [2.75, 3.05) is 31.1 Å². The Morgan fingerprint density at radius 1 is 0.969 bits per heavy atom. The summed E-state index contributed by atoms with van der Waals surface area (Å²) in [5.41, 5.74) is 4.45. The maximum absolute atomic E-state index is 14.9. The molecule has 7 heteroatoms. The number of halogens is 1. The highest BCUT2D eigenvalue weighted by atomic mass is 19.1. The Balaban J connectivity index is 1.35. The van der Waals surface area contributed by atoms with Gasteiger partial charge in [0.25, 0.3) is 0 Å². The van der Waals surface area contributed by atoms with Crippen molar-refractivity contribution in [3.63, 3.8) is 0 Å². The number of benzene rings is 1. The minimum absolute atomic E-state index is 0.364. The van der Waals surface area contributed by atoms with Crippen molar-refractivity contribution in [1.82, 2.24) is 19.9 Å². The van der Waals surface area contributed by atoms with Crippen LogP contribution in [0.2, 0.25) is 0 Å². The number of aromatic nitrogens is 3. The minimum Gasteiger partial charge on any atom is -0.374 e. The summed E-state index contributed by atoms with van der Waals surface area (Å²) in [6.07, 6.45) is 0.802. The molecule has 0 saturated carbocycles. The van der Waals surface area contributed by atoms with E-state index in [0.29, 0.717) is 28.7 Å². The molecule has 2 aliphatic rings. The van der Waals surface area contributed by atoms with Gasteiger partial charge in [0.15, 0.2) is 0 Å². The summed E-state index contributed by atoms with van der Waals surface area (Å²) in [7, 11) is 0. The molecule has 0 amide bonds. The van der Waals surface area contributed by atoms with Crippen LogP contribution in [0.1, 0.15) is 28.7 Å². The van der Waals surface area contributed by atoms with Gasteiger partial charge < -0.3 is 10.0 Å². The standard InChI is InChI=1S/C25H28FN5O/c1-15-7-8-27-22(9-15)23-20(5-4-6-21(23)26)24(32)30-11-18-13-31(14-19(18)12-30)25-28-16(2)10-17(3)29-25/h4-10,18-19,24,32H,11-14H2,1-3H3. The van der Waals surface area contributed by atoms with E-state index in [1.54, 1.807) is 18.3 Å². The smallest absolute Gasteiger partial charge is 0.225 e. The van der Waals surface area contributed by atoms with Crippen LogP contribution >= 0.6 is 0 Å². The van der Waals surface area contributed by atoms with E-state index in [0.717, 1.165) is 49.1 Å². The van der Waals surface area contributed by atoms with Gasteiger partial charge in [-0.25, -0.2) is 14.4 Å². The number of hydrogen-bond donors (Lipinski definition) is 1. The van der Waals surface area contributed by atoms with Crippen molar-refractivity contribution in [2.45, 2.75) is 27.0 Å². The van der Waals surface area contributed by atoms with Crippen LogP contribution in [0.25, 0.3) is 11.3 Å². The summed E-state index contributed by atoms with van der Waals surface area (Å²) in [4.78, 5) is 17.9. The Hall–Kier alpha value is -2.90. The van der Waals surface area contributed by atoms with E-state index in [9.17, 15) is 9.50 Å². The maximum atomic E-state index is 14.9. The van der Waals surface area contributed by atoms with Crippen LogP contribution in [0.5, 0.6) is 0 Å². The molecule has 166 valence electrons. The summed E-state index contributed by atoms with van der Waals surface area (Å²) < 4.78 is 14.9. The minimum atomic E-state index is -0.875. The molecule has 0 bridgehead atoms. The highest BCUT2D eigenvalue weighted by molar-refractivity contribution is 5.65. The Morgan fingerprint density at radius 2 is 1.66 bits per heavy atom. The largest absolute Gasteiger partial charge is 0.374 e. The van der Waals surface area contributed by atoms with Crippen LogP contribution in [-0.2, 0) is 0 Å². The number of aliphatic hydroxyl groups excluding tert-OH is 1. The molecule has 3 unspecified atom stereocenters. The van der Waals surface area contributed by atoms with Gasteiger partial charge in [0.2, 0.25) is 5.95 Å². The lowest BCUT2D eigenvalue weighted by Crippen LogP contribution is -2.32. The molecule has 3 aromatic rings. The molecule has 1 N–H and O–H groups in total. The number of rotatable bonds is 4. The van der Waals surface area contributed by atoms with Gasteiger partial charge in [-0.1, -0.05) is 12.1 Å². The average Bonchev–Trinajstić information content (AvgIpc) is 3.32. The SMILES string of the molecule is Cc1ccnc(-c2c(F)cccc2C(O)N2CC3CN(c4nc(C)cc(C)n4)CC3C2)c1. The van der Waals surface area contributed by atoms with Crippen LogP contribution in [-0.4, -0.2) is 51.1 Å². The summed E-state index contributed by atoms with van der Waals surface area (Å²) in [5.74, 6) is 1.27. The van der Waals surface area contributed by atoms with Gasteiger partial charge in [0, 0.05) is 54.9 Å². The molecule has 0 spiro atoms. The summed E-state index contributed by atoms with van der Waals surface area (Å²) in [5, 5.41) is 11.3. The van der Waals surface area contributed by atoms with Crippen LogP contribution in [0.15, 0.2) is 42.6 Å². The van der Waals surface area contributed by atoms with Crippen LogP contribution in [0.3, 0.4) is 0 Å². The fraction of sp³-hybridized carbons (Fsp3) is 0.400. The molecule has 0 radical (unpaired) electrons. The summed E-state index contributed by atoms with van der Waals surface area (Å²) >= 11 is 0. The first-order valence-electron chi connectivity index (χ1n) is 11.1. The zero-order valence-corrected chi connectivity index (χ0v) is 18.7. The van der Waals surface area contributed by atoms with Crippen molar-refractivity contribution in [3.8, 4) is 11.3 Å². The summed E-state index contributed by atoms with van der Waals surface area (Å²) in [6.45, 7) is 9.18. The fourth-order valence-corrected chi connectivity index (χ4v) is 5.14. The van der Waals surface area contributed by atoms with Gasteiger partial charge in [-0.15, -0.1) is 0 Å². The second kappa shape index (κ2) is 8.22. The van der Waals surface area contributed by atoms with E-state index in [-0.39, 0.29) is 5.82 Å². The fourth-order valence-electron chi connectivity index (χ4n) is 5.14. The molecule has 2 aliphatic heterocycles. The molecule has 1 aromatic carbocycles. The van der Waals surface area contributed by atoms with E-state index < -0.39 is 6.23 Å². The maximum Gasteiger partial charge on any atom is 0.225 e. The molecule has 2 saturated heterocycles. The molecule has 3 atom stereocenters. The molecule has 6 nitrogen and oxygen atoms in total. The Kier molecular flexibility index (Phi) is 5.39. The monoisotopic (exact) mass is 433 g/mol. The molecular weight excluding hydrogens is 405 g/mol. The van der Waals surface area contributed by atoms with Gasteiger partial charge in [0.1, 0.15) is 12.0 Å². The molecule has 5 rings (SSSR count). The Labute approximate surface area is 187 Å². The number of anilines is 1. The molecule has 2 fully saturated rings.